The number of ether oxygens (including phenoxy) is 3. The van der Waals surface area contributed by atoms with Crippen LogP contribution in [0.3, 0.4) is 0 Å². The fourth-order valence-corrected chi connectivity index (χ4v) is 5.57. The van der Waals surface area contributed by atoms with Crippen LogP contribution in [0.25, 0.3) is 22.4 Å². The average Bonchev–Trinajstić information content (AvgIpc) is 3.01. The number of hydrogen-bond donors (Lipinski definition) is 2. The van der Waals surface area contributed by atoms with Gasteiger partial charge in [0.25, 0.3) is 5.91 Å². The van der Waals surface area contributed by atoms with Gasteiger partial charge in [0.05, 0.1) is 23.9 Å². The van der Waals surface area contributed by atoms with Crippen LogP contribution in [-0.4, -0.2) is 80.0 Å². The van der Waals surface area contributed by atoms with Crippen LogP contribution >= 0.6 is 24.0 Å². The van der Waals surface area contributed by atoms with E-state index < -0.39 is 17.4 Å². The van der Waals surface area contributed by atoms with E-state index in [0.717, 1.165) is 48.9 Å². The number of aryl methyl sites for hydroxylation is 1. The fourth-order valence-electron chi connectivity index (χ4n) is 5.40. The summed E-state index contributed by atoms with van der Waals surface area (Å²) >= 11 is 6.52. The van der Waals surface area contributed by atoms with Gasteiger partial charge >= 0.3 is 5.97 Å². The van der Waals surface area contributed by atoms with Gasteiger partial charge in [-0.05, 0) is 87.8 Å². The molecule has 0 atom stereocenters. The highest BCUT2D eigenvalue weighted by molar-refractivity contribution is 6.32. The lowest BCUT2D eigenvalue weighted by molar-refractivity contribution is -0.145. The van der Waals surface area contributed by atoms with Crippen molar-refractivity contribution >= 4 is 35.9 Å². The number of pyridine rings is 1. The number of benzene rings is 2. The Kier molecular flexibility index (Phi) is 13.5. The third kappa shape index (κ3) is 9.33. The third-order valence-corrected chi connectivity index (χ3v) is 8.18. The van der Waals surface area contributed by atoms with Crippen molar-refractivity contribution in [1.29, 1.82) is 0 Å². The van der Waals surface area contributed by atoms with E-state index in [0.29, 0.717) is 60.4 Å². The van der Waals surface area contributed by atoms with Gasteiger partial charge in [0.2, 0.25) is 0 Å². The number of rotatable bonds is 14. The topological polar surface area (TPSA) is 110 Å². The van der Waals surface area contributed by atoms with Gasteiger partial charge in [-0.15, -0.1) is 12.4 Å². The molecule has 45 heavy (non-hydrogen) atoms. The first kappa shape index (κ1) is 36.1. The first-order chi connectivity index (χ1) is 21.1. The quantitative estimate of drug-likeness (QED) is 0.185. The number of aromatic nitrogens is 1. The molecule has 244 valence electrons. The van der Waals surface area contributed by atoms with Crippen LogP contribution in [0.5, 0.6) is 11.5 Å². The number of carbonyl (C=O) groups is 2. The Morgan fingerprint density at radius 3 is 2.42 bits per heavy atom. The summed E-state index contributed by atoms with van der Waals surface area (Å²) in [6.07, 6.45) is 4.04. The van der Waals surface area contributed by atoms with E-state index >= 15 is 0 Å². The van der Waals surface area contributed by atoms with Crippen molar-refractivity contribution in [2.24, 2.45) is 0 Å². The summed E-state index contributed by atoms with van der Waals surface area (Å²) < 4.78 is 17.1. The van der Waals surface area contributed by atoms with Crippen molar-refractivity contribution in [2.75, 3.05) is 47.6 Å². The number of carboxylic acids is 1. The summed E-state index contributed by atoms with van der Waals surface area (Å²) in [6, 6.07) is 14.7. The maximum absolute atomic E-state index is 13.6. The van der Waals surface area contributed by atoms with E-state index in [2.05, 4.69) is 10.2 Å². The molecule has 0 bridgehead atoms. The number of carboxylic acid groups (broad SMARTS) is 1. The highest BCUT2D eigenvalue weighted by Crippen LogP contribution is 2.38. The van der Waals surface area contributed by atoms with Crippen molar-refractivity contribution in [3.8, 4) is 33.9 Å². The number of halogens is 2. The number of carbonyl (C=O) groups excluding carboxylic acids is 1. The first-order valence-corrected chi connectivity index (χ1v) is 15.4. The minimum absolute atomic E-state index is 0. The molecule has 0 spiro atoms. The van der Waals surface area contributed by atoms with E-state index in [1.165, 1.54) is 0 Å². The van der Waals surface area contributed by atoms with Gasteiger partial charge in [0, 0.05) is 24.8 Å². The Hall–Kier alpha value is -3.37. The minimum atomic E-state index is -1.30. The zero-order chi connectivity index (χ0) is 31.7. The third-order valence-electron chi connectivity index (χ3n) is 7.86. The molecule has 1 aliphatic rings. The van der Waals surface area contributed by atoms with Crippen LogP contribution in [0.4, 0.5) is 0 Å². The zero-order valence-electron chi connectivity index (χ0n) is 26.4. The van der Waals surface area contributed by atoms with Gasteiger partial charge < -0.3 is 29.5 Å². The molecular formula is C34H43Cl2N3O6. The minimum Gasteiger partial charge on any atom is -0.492 e. The summed E-state index contributed by atoms with van der Waals surface area (Å²) in [5.74, 6) is -0.343. The van der Waals surface area contributed by atoms with Crippen molar-refractivity contribution in [1.82, 2.24) is 15.2 Å². The summed E-state index contributed by atoms with van der Waals surface area (Å²) in [6.45, 7) is 4.22. The molecule has 3 aromatic rings. The smallest absolute Gasteiger partial charge is 0.329 e. The van der Waals surface area contributed by atoms with Crippen LogP contribution in [0.2, 0.25) is 5.02 Å². The number of amides is 1. The van der Waals surface area contributed by atoms with Crippen LogP contribution < -0.4 is 14.8 Å². The highest BCUT2D eigenvalue weighted by atomic mass is 35.5. The lowest BCUT2D eigenvalue weighted by atomic mass is 9.81. The van der Waals surface area contributed by atoms with Gasteiger partial charge in [-0.3, -0.25) is 4.79 Å². The monoisotopic (exact) mass is 659 g/mol. The number of hydrogen-bond acceptors (Lipinski definition) is 7. The van der Waals surface area contributed by atoms with Crippen LogP contribution in [0.15, 0.2) is 48.5 Å². The predicted molar refractivity (Wildman–Crippen MR) is 179 cm³/mol. The van der Waals surface area contributed by atoms with Gasteiger partial charge in [-0.1, -0.05) is 43.0 Å². The number of nitrogens with one attached hydrogen (secondary N) is 1. The molecule has 2 aromatic carbocycles. The summed E-state index contributed by atoms with van der Waals surface area (Å²) in [5, 5.41) is 13.3. The number of methoxy groups -OCH3 is 1. The molecule has 0 aliphatic heterocycles. The van der Waals surface area contributed by atoms with Gasteiger partial charge in [0.1, 0.15) is 29.3 Å². The normalized spacial score (nSPS) is 14.0. The lowest BCUT2D eigenvalue weighted by Crippen LogP contribution is -2.55. The maximum atomic E-state index is 13.6. The van der Waals surface area contributed by atoms with Crippen molar-refractivity contribution in [3.63, 3.8) is 0 Å². The second-order valence-corrected chi connectivity index (χ2v) is 11.9. The molecule has 9 nitrogen and oxygen atoms in total. The summed E-state index contributed by atoms with van der Waals surface area (Å²) in [5.41, 5.74) is 2.73. The molecule has 11 heteroatoms. The zero-order valence-corrected chi connectivity index (χ0v) is 27.9. The van der Waals surface area contributed by atoms with Crippen molar-refractivity contribution in [2.45, 2.75) is 51.0 Å². The second kappa shape index (κ2) is 16.8. The number of aliphatic carboxylic acids is 1. The Bertz CT molecular complexity index is 1460. The Balaban J connectivity index is 0.00000552. The Morgan fingerprint density at radius 2 is 1.73 bits per heavy atom. The molecule has 1 fully saturated rings. The van der Waals surface area contributed by atoms with Crippen LogP contribution in [0.1, 0.15) is 54.6 Å². The molecule has 4 rings (SSSR count). The average molecular weight is 661 g/mol. The molecule has 1 aromatic heterocycles. The fraction of sp³-hybridized carbons (Fsp3) is 0.441. The molecule has 1 saturated carbocycles. The largest absolute Gasteiger partial charge is 0.492 e. The van der Waals surface area contributed by atoms with Gasteiger partial charge in [0.15, 0.2) is 0 Å². The second-order valence-electron chi connectivity index (χ2n) is 11.5. The Morgan fingerprint density at radius 1 is 0.978 bits per heavy atom. The molecule has 1 aliphatic carbocycles. The van der Waals surface area contributed by atoms with E-state index in [-0.39, 0.29) is 18.1 Å². The molecule has 0 unspecified atom stereocenters. The van der Waals surface area contributed by atoms with E-state index in [1.807, 2.05) is 57.4 Å². The highest BCUT2D eigenvalue weighted by Gasteiger charge is 2.41. The summed E-state index contributed by atoms with van der Waals surface area (Å²) in [7, 11) is 5.64. The van der Waals surface area contributed by atoms with E-state index in [9.17, 15) is 14.7 Å². The molecule has 2 N–H and O–H groups in total. The van der Waals surface area contributed by atoms with Crippen molar-refractivity contribution < 1.29 is 28.9 Å². The van der Waals surface area contributed by atoms with Crippen LogP contribution in [-0.2, 0) is 9.53 Å². The molecule has 1 heterocycles. The van der Waals surface area contributed by atoms with Crippen LogP contribution in [0, 0.1) is 6.92 Å². The first-order valence-electron chi connectivity index (χ1n) is 15.0. The molecule has 0 radical (unpaired) electrons. The number of nitrogens with zero attached hydrogens (tertiary/aromatic N) is 2. The van der Waals surface area contributed by atoms with E-state index in [4.69, 9.17) is 30.8 Å². The SMILES string of the molecule is COCCOc1ccc(C)c(-c2ccc(C(=O)NC3(C(=O)O)CCCCC3)nc2-c2ccc(Cl)c(OCCCN(C)C)c2)c1.Cl. The molecule has 0 saturated heterocycles. The van der Waals surface area contributed by atoms with Gasteiger partial charge in [-0.2, -0.15) is 0 Å². The standard InChI is InChI=1S/C34H42ClN3O6.ClH/c1-23-9-11-25(43-20-19-42-4)22-27(23)26-12-14-29(32(39)37-34(33(40)41)15-6-5-7-16-34)36-31(26)24-10-13-28(35)30(21-24)44-18-8-17-38(2)3;/h9-14,21-22H,5-8,15-20H2,1-4H3,(H,37,39)(H,40,41);1H. The molecular weight excluding hydrogens is 617 g/mol. The maximum Gasteiger partial charge on any atom is 0.329 e. The van der Waals surface area contributed by atoms with E-state index in [1.54, 1.807) is 19.2 Å². The van der Waals surface area contributed by atoms with Crippen molar-refractivity contribution in [3.05, 3.63) is 64.8 Å². The molecule has 1 amide bonds. The summed E-state index contributed by atoms with van der Waals surface area (Å²) in [4.78, 5) is 32.7. The Labute approximate surface area is 276 Å². The predicted octanol–water partition coefficient (Wildman–Crippen LogP) is 6.67. The lowest BCUT2D eigenvalue weighted by Gasteiger charge is -2.33. The van der Waals surface area contributed by atoms with Gasteiger partial charge in [-0.25, -0.2) is 9.78 Å².